The van der Waals surface area contributed by atoms with Crippen LogP contribution >= 0.6 is 27.3 Å². The summed E-state index contributed by atoms with van der Waals surface area (Å²) in [6.07, 6.45) is 1.69. The Bertz CT molecular complexity index is 1070. The van der Waals surface area contributed by atoms with Gasteiger partial charge in [-0.1, -0.05) is 28.1 Å². The van der Waals surface area contributed by atoms with E-state index >= 15 is 0 Å². The monoisotopic (exact) mass is 534 g/mol. The van der Waals surface area contributed by atoms with Gasteiger partial charge in [-0.05, 0) is 24.6 Å². The Morgan fingerprint density at radius 3 is 2.82 bits per heavy atom. The number of aromatic nitrogens is 1. The van der Waals surface area contributed by atoms with Crippen molar-refractivity contribution in [3.05, 3.63) is 62.2 Å². The summed E-state index contributed by atoms with van der Waals surface area (Å²) in [6, 6.07) is 6.13. The molecule has 2 atom stereocenters. The topological polar surface area (TPSA) is 113 Å². The highest BCUT2D eigenvalue weighted by Crippen LogP contribution is 2.34. The number of ether oxygens (including phenoxy) is 2. The molecule has 9 nitrogen and oxygen atoms in total. The van der Waals surface area contributed by atoms with Crippen molar-refractivity contribution in [3.63, 3.8) is 0 Å². The Morgan fingerprint density at radius 1 is 1.36 bits per heavy atom. The number of aliphatic imine (C=N–C) groups is 1. The van der Waals surface area contributed by atoms with Crippen molar-refractivity contribution < 1.29 is 24.2 Å². The van der Waals surface area contributed by atoms with Crippen LogP contribution in [0.15, 0.2) is 56.6 Å². The number of aliphatic carboxylic acids is 1. The van der Waals surface area contributed by atoms with Crippen molar-refractivity contribution in [2.75, 3.05) is 32.9 Å². The molecule has 33 heavy (non-hydrogen) atoms. The van der Waals surface area contributed by atoms with Gasteiger partial charge in [0.25, 0.3) is 0 Å². The Balaban J connectivity index is 1.80. The number of carboxylic acid groups (broad SMARTS) is 1. The second-order valence-corrected chi connectivity index (χ2v) is 9.22. The molecule has 2 aromatic rings. The molecule has 2 aliphatic heterocycles. The van der Waals surface area contributed by atoms with Crippen LogP contribution in [0.5, 0.6) is 0 Å². The maximum absolute atomic E-state index is 13.1. The van der Waals surface area contributed by atoms with E-state index < -0.39 is 24.0 Å². The molecule has 174 valence electrons. The van der Waals surface area contributed by atoms with E-state index in [1.807, 2.05) is 29.6 Å². The lowest BCUT2D eigenvalue weighted by molar-refractivity contribution is -0.149. The number of hydrogen-bond acceptors (Lipinski definition) is 9. The van der Waals surface area contributed by atoms with Gasteiger partial charge in [-0.15, -0.1) is 11.3 Å². The van der Waals surface area contributed by atoms with Crippen LogP contribution in [0.4, 0.5) is 0 Å². The number of carbonyl (C=O) groups is 2. The number of rotatable bonds is 7. The molecule has 2 aliphatic rings. The van der Waals surface area contributed by atoms with Gasteiger partial charge in [0, 0.05) is 34.8 Å². The second-order valence-electron chi connectivity index (χ2n) is 7.41. The second kappa shape index (κ2) is 10.6. The number of benzene rings is 1. The molecule has 0 aliphatic carbocycles. The fraction of sp³-hybridized carbons (Fsp3) is 0.364. The van der Waals surface area contributed by atoms with Crippen molar-refractivity contribution in [1.82, 2.24) is 15.2 Å². The number of halogens is 1. The molecule has 0 bridgehead atoms. The summed E-state index contributed by atoms with van der Waals surface area (Å²) in [4.78, 5) is 35.9. The lowest BCUT2D eigenvalue weighted by Crippen LogP contribution is -2.52. The van der Waals surface area contributed by atoms with E-state index in [1.165, 1.54) is 11.3 Å². The van der Waals surface area contributed by atoms with Gasteiger partial charge in [0.1, 0.15) is 12.1 Å². The van der Waals surface area contributed by atoms with E-state index in [4.69, 9.17) is 14.5 Å². The maximum Gasteiger partial charge on any atom is 0.338 e. The van der Waals surface area contributed by atoms with E-state index in [9.17, 15) is 14.7 Å². The van der Waals surface area contributed by atoms with Crippen molar-refractivity contribution in [3.8, 4) is 0 Å². The van der Waals surface area contributed by atoms with Crippen LogP contribution in [-0.2, 0) is 19.1 Å². The SMILES string of the molecule is CCOC(=O)C1=C(CN2CCOC[C@H]2C(=O)O)NC(c2nccs2)=N[C@H]1c1ccc(Br)cc1. The van der Waals surface area contributed by atoms with E-state index in [2.05, 4.69) is 26.2 Å². The van der Waals surface area contributed by atoms with Gasteiger partial charge in [0.05, 0.1) is 25.4 Å². The highest BCUT2D eigenvalue weighted by molar-refractivity contribution is 9.10. The molecule has 4 rings (SSSR count). The minimum atomic E-state index is -0.970. The van der Waals surface area contributed by atoms with Gasteiger partial charge in [-0.2, -0.15) is 0 Å². The summed E-state index contributed by atoms with van der Waals surface area (Å²) in [5.74, 6) is -0.932. The van der Waals surface area contributed by atoms with Crippen molar-refractivity contribution in [1.29, 1.82) is 0 Å². The fourth-order valence-corrected chi connectivity index (χ4v) is 4.61. The number of nitrogens with one attached hydrogen (secondary N) is 1. The van der Waals surface area contributed by atoms with E-state index in [0.717, 1.165) is 10.0 Å². The third-order valence-corrected chi connectivity index (χ3v) is 6.64. The molecule has 2 N–H and O–H groups in total. The van der Waals surface area contributed by atoms with Crippen LogP contribution in [0.3, 0.4) is 0 Å². The lowest BCUT2D eigenvalue weighted by atomic mass is 9.95. The summed E-state index contributed by atoms with van der Waals surface area (Å²) in [7, 11) is 0. The number of esters is 1. The number of morpholine rings is 1. The first-order valence-electron chi connectivity index (χ1n) is 10.4. The molecule has 11 heteroatoms. The van der Waals surface area contributed by atoms with Gasteiger partial charge < -0.3 is 19.9 Å². The molecular weight excluding hydrogens is 512 g/mol. The summed E-state index contributed by atoms with van der Waals surface area (Å²) in [5, 5.41) is 15.4. The third-order valence-electron chi connectivity index (χ3n) is 5.33. The normalized spacial score (nSPS) is 21.3. The third kappa shape index (κ3) is 5.32. The van der Waals surface area contributed by atoms with Crippen LogP contribution < -0.4 is 5.32 Å². The van der Waals surface area contributed by atoms with E-state index in [-0.39, 0.29) is 19.8 Å². The number of amidine groups is 1. The minimum Gasteiger partial charge on any atom is -0.480 e. The molecule has 1 aromatic heterocycles. The number of carbonyl (C=O) groups excluding carboxylic acids is 1. The predicted molar refractivity (Wildman–Crippen MR) is 126 cm³/mol. The Labute approximate surface area is 203 Å². The average molecular weight is 535 g/mol. The van der Waals surface area contributed by atoms with Gasteiger partial charge >= 0.3 is 11.9 Å². The molecule has 0 saturated carbocycles. The van der Waals surface area contributed by atoms with Gasteiger partial charge in [0.2, 0.25) is 0 Å². The van der Waals surface area contributed by atoms with Crippen molar-refractivity contribution in [2.24, 2.45) is 4.99 Å². The summed E-state index contributed by atoms with van der Waals surface area (Å²) >= 11 is 4.87. The first-order chi connectivity index (χ1) is 16.0. The zero-order chi connectivity index (χ0) is 23.4. The van der Waals surface area contributed by atoms with Crippen LogP contribution in [0.2, 0.25) is 0 Å². The average Bonchev–Trinajstić information content (AvgIpc) is 3.34. The number of thiazole rings is 1. The van der Waals surface area contributed by atoms with Crippen molar-refractivity contribution >= 4 is 45.0 Å². The van der Waals surface area contributed by atoms with Gasteiger partial charge in [-0.25, -0.2) is 9.78 Å². The highest BCUT2D eigenvalue weighted by atomic mass is 79.9. The quantitative estimate of drug-likeness (QED) is 0.521. The fourth-order valence-electron chi connectivity index (χ4n) is 3.76. The molecule has 1 fully saturated rings. The zero-order valence-corrected chi connectivity index (χ0v) is 20.3. The van der Waals surface area contributed by atoms with Gasteiger partial charge in [0.15, 0.2) is 10.8 Å². The van der Waals surface area contributed by atoms with Crippen LogP contribution in [0, 0.1) is 0 Å². The standard InChI is InChI=1S/C22H23BrN4O5S/c1-2-32-22(30)17-15(11-27-8-9-31-12-16(27)21(28)29)25-19(20-24-7-10-33-20)26-18(17)13-3-5-14(23)6-4-13/h3-7,10,16,18H,2,8-9,11-12H2,1H3,(H,25,26)(H,28,29)/t16-,18-/m0/s1. The molecule has 0 spiro atoms. The van der Waals surface area contributed by atoms with E-state index in [1.54, 1.807) is 18.0 Å². The van der Waals surface area contributed by atoms with E-state index in [0.29, 0.717) is 35.3 Å². The highest BCUT2D eigenvalue weighted by Gasteiger charge is 2.36. The summed E-state index contributed by atoms with van der Waals surface area (Å²) < 4.78 is 11.7. The zero-order valence-electron chi connectivity index (χ0n) is 17.9. The summed E-state index contributed by atoms with van der Waals surface area (Å²) in [5.41, 5.74) is 1.72. The van der Waals surface area contributed by atoms with Gasteiger partial charge in [-0.3, -0.25) is 14.7 Å². The minimum absolute atomic E-state index is 0.0842. The molecule has 0 radical (unpaired) electrons. The summed E-state index contributed by atoms with van der Waals surface area (Å²) in [6.45, 7) is 3.07. The Kier molecular flexibility index (Phi) is 7.53. The number of nitrogens with zero attached hydrogens (tertiary/aromatic N) is 3. The van der Waals surface area contributed by atoms with Crippen LogP contribution in [-0.4, -0.2) is 71.7 Å². The van der Waals surface area contributed by atoms with Crippen LogP contribution in [0.1, 0.15) is 23.5 Å². The molecule has 1 saturated heterocycles. The number of hydrogen-bond donors (Lipinski definition) is 2. The first kappa shape index (κ1) is 23.6. The first-order valence-corrected chi connectivity index (χ1v) is 12.1. The Hall–Kier alpha value is -2.60. The van der Waals surface area contributed by atoms with Crippen LogP contribution in [0.25, 0.3) is 0 Å². The lowest BCUT2D eigenvalue weighted by Gasteiger charge is -2.35. The Morgan fingerprint density at radius 2 is 2.15 bits per heavy atom. The molecular formula is C22H23BrN4O5S. The smallest absolute Gasteiger partial charge is 0.338 e. The largest absolute Gasteiger partial charge is 0.480 e. The molecule has 1 aromatic carbocycles. The molecule has 0 amide bonds. The molecule has 0 unspecified atom stereocenters. The van der Waals surface area contributed by atoms with Crippen molar-refractivity contribution in [2.45, 2.75) is 19.0 Å². The number of carboxylic acids is 1. The predicted octanol–water partition coefficient (Wildman–Crippen LogP) is 2.60. The maximum atomic E-state index is 13.1. The molecule has 3 heterocycles.